The van der Waals surface area contributed by atoms with Crippen LogP contribution in [0.2, 0.25) is 0 Å². The molecule has 2 N–H and O–H groups in total. The van der Waals surface area contributed by atoms with Gasteiger partial charge in [-0.05, 0) is 69.1 Å². The third-order valence-corrected chi connectivity index (χ3v) is 4.89. The lowest BCUT2D eigenvalue weighted by molar-refractivity contribution is 0.225. The van der Waals surface area contributed by atoms with Gasteiger partial charge >= 0.3 is 0 Å². The summed E-state index contributed by atoms with van der Waals surface area (Å²) in [5.74, 6) is 0.942. The van der Waals surface area contributed by atoms with Crippen molar-refractivity contribution in [3.8, 4) is 5.75 Å². The van der Waals surface area contributed by atoms with Gasteiger partial charge in [0.15, 0.2) is 0 Å². The summed E-state index contributed by atoms with van der Waals surface area (Å²) in [6.07, 6.45) is 1.89. The number of aromatic amines is 1. The van der Waals surface area contributed by atoms with Crippen molar-refractivity contribution < 1.29 is 4.74 Å². The van der Waals surface area contributed by atoms with Crippen molar-refractivity contribution in [1.29, 1.82) is 0 Å². The maximum atomic E-state index is 11.4. The largest absolute Gasteiger partial charge is 0.486 e. The van der Waals surface area contributed by atoms with E-state index in [-0.39, 0.29) is 11.7 Å². The van der Waals surface area contributed by atoms with Crippen molar-refractivity contribution in [2.24, 2.45) is 0 Å². The predicted molar refractivity (Wildman–Crippen MR) is 137 cm³/mol. The first-order chi connectivity index (χ1) is 15.3. The number of hydrogen-bond acceptors (Lipinski definition) is 3. The van der Waals surface area contributed by atoms with E-state index in [2.05, 4.69) is 61.1 Å². The lowest BCUT2D eigenvalue weighted by atomic mass is 10.1. The van der Waals surface area contributed by atoms with E-state index in [1.165, 1.54) is 5.56 Å². The van der Waals surface area contributed by atoms with Crippen LogP contribution < -0.4 is 15.6 Å². The minimum absolute atomic E-state index is 0.0156. The molecule has 172 valence electrons. The highest BCUT2D eigenvalue weighted by Gasteiger charge is 2.08. The van der Waals surface area contributed by atoms with Gasteiger partial charge in [-0.25, -0.2) is 0 Å². The van der Waals surface area contributed by atoms with Crippen molar-refractivity contribution in [2.75, 3.05) is 7.05 Å². The summed E-state index contributed by atoms with van der Waals surface area (Å²) in [6.45, 7) is 16.3. The maximum absolute atomic E-state index is 11.4. The quantitative estimate of drug-likeness (QED) is 0.465. The zero-order chi connectivity index (χ0) is 24.1. The molecule has 1 unspecified atom stereocenters. The number of para-hydroxylation sites is 1. The smallest absolute Gasteiger partial charge is 0.252 e. The van der Waals surface area contributed by atoms with Crippen LogP contribution in [0.3, 0.4) is 0 Å². The first-order valence-electron chi connectivity index (χ1n) is 11.1. The van der Waals surface area contributed by atoms with Crippen LogP contribution in [-0.4, -0.2) is 12.0 Å². The zero-order valence-corrected chi connectivity index (χ0v) is 20.6. The normalized spacial score (nSPS) is 10.7. The molecule has 0 radical (unpaired) electrons. The van der Waals surface area contributed by atoms with Crippen molar-refractivity contribution in [3.63, 3.8) is 0 Å². The number of H-pyrrole nitrogens is 1. The minimum atomic E-state index is 0.0156. The fourth-order valence-electron chi connectivity index (χ4n) is 3.13. The number of hydrogen-bond donors (Lipinski definition) is 2. The Labute approximate surface area is 193 Å². The molecule has 0 aliphatic heterocycles. The van der Waals surface area contributed by atoms with Crippen molar-refractivity contribution in [1.82, 2.24) is 10.3 Å². The molecular formula is C28H38N2O2. The Kier molecular flexibility index (Phi) is 11.8. The number of aryl methyl sites for hydroxylation is 3. The second-order valence-corrected chi connectivity index (χ2v) is 7.37. The van der Waals surface area contributed by atoms with Crippen LogP contribution in [0.1, 0.15) is 60.4 Å². The number of aromatic nitrogens is 1. The third kappa shape index (κ3) is 8.20. The summed E-state index contributed by atoms with van der Waals surface area (Å²) in [5, 5.41) is 2.97. The molecule has 1 atom stereocenters. The van der Waals surface area contributed by atoms with E-state index >= 15 is 0 Å². The summed E-state index contributed by atoms with van der Waals surface area (Å²) in [6, 6.07) is 18.3. The van der Waals surface area contributed by atoms with Crippen LogP contribution in [0.5, 0.6) is 5.75 Å². The van der Waals surface area contributed by atoms with Gasteiger partial charge in [-0.1, -0.05) is 69.0 Å². The van der Waals surface area contributed by atoms with Crippen LogP contribution in [0, 0.1) is 20.8 Å². The Balaban J connectivity index is 0.000000318. The Bertz CT molecular complexity index is 1020. The predicted octanol–water partition coefficient (Wildman–Crippen LogP) is 6.52. The molecule has 4 heteroatoms. The first-order valence-corrected chi connectivity index (χ1v) is 11.1. The average Bonchev–Trinajstić information content (AvgIpc) is 2.79. The Hall–Kier alpha value is -3.11. The van der Waals surface area contributed by atoms with Crippen molar-refractivity contribution in [2.45, 2.75) is 54.2 Å². The van der Waals surface area contributed by atoms with Gasteiger partial charge in [0.25, 0.3) is 5.56 Å². The van der Waals surface area contributed by atoms with Gasteiger partial charge in [0, 0.05) is 17.8 Å². The second kappa shape index (κ2) is 14.0. The van der Waals surface area contributed by atoms with Gasteiger partial charge in [-0.3, -0.25) is 4.79 Å². The van der Waals surface area contributed by atoms with Crippen LogP contribution >= 0.6 is 0 Å². The van der Waals surface area contributed by atoms with Crippen molar-refractivity contribution in [3.05, 3.63) is 105 Å². The fraction of sp³-hybridized carbons (Fsp3) is 0.321. The maximum Gasteiger partial charge on any atom is 0.252 e. The molecule has 3 rings (SSSR count). The Morgan fingerprint density at radius 3 is 2.19 bits per heavy atom. The molecule has 1 aromatic heterocycles. The molecule has 1 heterocycles. The highest BCUT2D eigenvalue weighted by atomic mass is 16.5. The topological polar surface area (TPSA) is 54.1 Å². The Morgan fingerprint density at radius 1 is 1.03 bits per heavy atom. The van der Waals surface area contributed by atoms with Gasteiger partial charge in [0.2, 0.25) is 0 Å². The molecule has 3 aromatic rings. The van der Waals surface area contributed by atoms with Crippen LogP contribution in [0.4, 0.5) is 0 Å². The van der Waals surface area contributed by atoms with Gasteiger partial charge in [-0.15, -0.1) is 0 Å². The van der Waals surface area contributed by atoms with E-state index in [1.54, 1.807) is 0 Å². The standard InChI is InChI=1S/C17H18O.C9H14N2O.C2H6/c1-4-15-9-11-16(12-10-15)14(3)18-17-8-6-5-7-13(17)2;1-6-4-7(2)11-9(12)8(6)5-10-3;1-2/h4-12,14H,1H2,2-3H3;4,10H,5H2,1-3H3,(H,11,12);1-2H3. The Morgan fingerprint density at radius 2 is 1.66 bits per heavy atom. The second-order valence-electron chi connectivity index (χ2n) is 7.37. The summed E-state index contributed by atoms with van der Waals surface area (Å²) in [7, 11) is 1.83. The molecule has 4 nitrogen and oxygen atoms in total. The number of pyridine rings is 1. The van der Waals surface area contributed by atoms with E-state index < -0.39 is 0 Å². The summed E-state index contributed by atoms with van der Waals surface area (Å²) in [4.78, 5) is 14.1. The van der Waals surface area contributed by atoms with Gasteiger partial charge in [-0.2, -0.15) is 0 Å². The molecule has 0 saturated carbocycles. The molecular weight excluding hydrogens is 396 g/mol. The van der Waals surface area contributed by atoms with E-state index in [0.717, 1.165) is 33.7 Å². The highest BCUT2D eigenvalue weighted by Crippen LogP contribution is 2.24. The molecule has 2 aromatic carbocycles. The molecule has 32 heavy (non-hydrogen) atoms. The highest BCUT2D eigenvalue weighted by molar-refractivity contribution is 5.47. The zero-order valence-electron chi connectivity index (χ0n) is 20.6. The lowest BCUT2D eigenvalue weighted by Gasteiger charge is -2.16. The molecule has 0 aliphatic rings. The van der Waals surface area contributed by atoms with Gasteiger partial charge in [0.1, 0.15) is 11.9 Å². The molecule has 0 amide bonds. The summed E-state index contributed by atoms with van der Waals surface area (Å²) >= 11 is 0. The lowest BCUT2D eigenvalue weighted by Crippen LogP contribution is -2.20. The third-order valence-electron chi connectivity index (χ3n) is 4.89. The van der Waals surface area contributed by atoms with E-state index in [0.29, 0.717) is 6.54 Å². The molecule has 0 fully saturated rings. The van der Waals surface area contributed by atoms with Crippen molar-refractivity contribution >= 4 is 6.08 Å². The number of benzene rings is 2. The molecule has 0 bridgehead atoms. The SMILES string of the molecule is C=Cc1ccc(C(C)Oc2ccccc2C)cc1.CC.CNCc1c(C)cc(C)[nH]c1=O. The fourth-order valence-corrected chi connectivity index (χ4v) is 3.13. The average molecular weight is 435 g/mol. The van der Waals surface area contributed by atoms with E-state index in [1.807, 2.05) is 65.1 Å². The van der Waals surface area contributed by atoms with E-state index in [9.17, 15) is 4.79 Å². The van der Waals surface area contributed by atoms with Crippen LogP contribution in [0.25, 0.3) is 6.08 Å². The summed E-state index contributed by atoms with van der Waals surface area (Å²) in [5.41, 5.74) is 6.26. The minimum Gasteiger partial charge on any atom is -0.486 e. The monoisotopic (exact) mass is 434 g/mol. The van der Waals surface area contributed by atoms with Gasteiger partial charge in [0.05, 0.1) is 0 Å². The van der Waals surface area contributed by atoms with Crippen LogP contribution in [0.15, 0.2) is 66.0 Å². The number of ether oxygens (including phenoxy) is 1. The molecule has 0 aliphatic carbocycles. The molecule has 0 spiro atoms. The summed E-state index contributed by atoms with van der Waals surface area (Å²) < 4.78 is 5.98. The number of nitrogens with one attached hydrogen (secondary N) is 2. The van der Waals surface area contributed by atoms with Gasteiger partial charge < -0.3 is 15.0 Å². The van der Waals surface area contributed by atoms with Crippen LogP contribution in [-0.2, 0) is 6.54 Å². The first kappa shape index (κ1) is 26.9. The number of rotatable bonds is 6. The molecule has 0 saturated heterocycles. The van der Waals surface area contributed by atoms with E-state index in [4.69, 9.17) is 4.74 Å².